The predicted octanol–water partition coefficient (Wildman–Crippen LogP) is 3.19. The first-order valence-corrected chi connectivity index (χ1v) is 7.49. The van der Waals surface area contributed by atoms with Crippen molar-refractivity contribution >= 4 is 5.82 Å². The third-order valence-corrected chi connectivity index (χ3v) is 2.77. The summed E-state index contributed by atoms with van der Waals surface area (Å²) in [6.45, 7) is 12.6. The Morgan fingerprint density at radius 3 is 2.67 bits per heavy atom. The van der Waals surface area contributed by atoms with Gasteiger partial charge in [0, 0.05) is 37.0 Å². The van der Waals surface area contributed by atoms with Crippen LogP contribution in [0.1, 0.15) is 40.2 Å². The molecule has 1 rings (SSSR count). The Morgan fingerprint density at radius 1 is 1.33 bits per heavy atom. The first kappa shape index (κ1) is 17.9. The fraction of sp³-hybridized carbons (Fsp3) is 0.688. The van der Waals surface area contributed by atoms with Crippen molar-refractivity contribution in [2.75, 3.05) is 25.1 Å². The third-order valence-electron chi connectivity index (χ3n) is 2.77. The molecule has 0 unspecified atom stereocenters. The number of nitrogens with one attached hydrogen (secondary N) is 2. The molecule has 120 valence electrons. The molecule has 21 heavy (non-hydrogen) atoms. The van der Waals surface area contributed by atoms with E-state index in [1.165, 1.54) is 0 Å². The third kappa shape index (κ3) is 7.39. The Kier molecular flexibility index (Phi) is 7.05. The summed E-state index contributed by atoms with van der Waals surface area (Å²) in [4.78, 5) is 4.05. The van der Waals surface area contributed by atoms with Crippen molar-refractivity contribution in [3.05, 3.63) is 23.6 Å². The highest BCUT2D eigenvalue weighted by molar-refractivity contribution is 5.39. The summed E-state index contributed by atoms with van der Waals surface area (Å²) in [5.41, 5.74) is 0.569. The van der Waals surface area contributed by atoms with Gasteiger partial charge in [-0.25, -0.2) is 9.37 Å². The summed E-state index contributed by atoms with van der Waals surface area (Å²) >= 11 is 0. The van der Waals surface area contributed by atoms with Gasteiger partial charge < -0.3 is 15.4 Å². The van der Waals surface area contributed by atoms with Crippen LogP contribution < -0.4 is 10.6 Å². The van der Waals surface area contributed by atoms with Gasteiger partial charge in [0.1, 0.15) is 0 Å². The molecule has 0 aliphatic heterocycles. The quantitative estimate of drug-likeness (QED) is 0.723. The molecule has 0 fully saturated rings. The average Bonchev–Trinajstić information content (AvgIpc) is 2.37. The van der Waals surface area contributed by atoms with Crippen molar-refractivity contribution in [2.45, 2.75) is 46.7 Å². The SMILES string of the molecule is CC(C)COCCNc1nccc(CNC(C)(C)C)c1F. The molecular formula is C16H28FN3O. The van der Waals surface area contributed by atoms with Crippen molar-refractivity contribution in [2.24, 2.45) is 5.92 Å². The standard InChI is InChI=1S/C16H28FN3O/c1-12(2)11-21-9-8-19-15-14(17)13(6-7-18-15)10-20-16(3,4)5/h6-7,12,20H,8-11H2,1-5H3,(H,18,19). The first-order valence-electron chi connectivity index (χ1n) is 7.49. The molecule has 0 atom stereocenters. The van der Waals surface area contributed by atoms with E-state index in [1.807, 2.05) is 0 Å². The Balaban J connectivity index is 2.48. The molecule has 0 aliphatic rings. The van der Waals surface area contributed by atoms with Gasteiger partial charge in [-0.3, -0.25) is 0 Å². The number of rotatable bonds is 8. The molecule has 0 aliphatic carbocycles. The molecule has 0 amide bonds. The molecule has 1 heterocycles. The average molecular weight is 297 g/mol. The summed E-state index contributed by atoms with van der Waals surface area (Å²) in [5.74, 6) is 0.501. The molecule has 0 bridgehead atoms. The zero-order valence-corrected chi connectivity index (χ0v) is 13.8. The van der Waals surface area contributed by atoms with Crippen LogP contribution in [0, 0.1) is 11.7 Å². The molecule has 4 nitrogen and oxygen atoms in total. The van der Waals surface area contributed by atoms with Crippen LogP contribution >= 0.6 is 0 Å². The van der Waals surface area contributed by atoms with Crippen molar-refractivity contribution in [3.63, 3.8) is 0 Å². The van der Waals surface area contributed by atoms with E-state index < -0.39 is 0 Å². The van der Waals surface area contributed by atoms with Crippen LogP contribution in [0.5, 0.6) is 0 Å². The molecule has 0 saturated heterocycles. The van der Waals surface area contributed by atoms with Crippen molar-refractivity contribution in [3.8, 4) is 0 Å². The Labute approximate surface area is 127 Å². The highest BCUT2D eigenvalue weighted by Crippen LogP contribution is 2.15. The van der Waals surface area contributed by atoms with Crippen LogP contribution in [0.2, 0.25) is 0 Å². The zero-order valence-electron chi connectivity index (χ0n) is 13.8. The molecule has 2 N–H and O–H groups in total. The lowest BCUT2D eigenvalue weighted by Gasteiger charge is -2.21. The lowest BCUT2D eigenvalue weighted by molar-refractivity contribution is 0.118. The predicted molar refractivity (Wildman–Crippen MR) is 84.9 cm³/mol. The fourth-order valence-corrected chi connectivity index (χ4v) is 1.66. The van der Waals surface area contributed by atoms with Crippen LogP contribution in [0.25, 0.3) is 0 Å². The summed E-state index contributed by atoms with van der Waals surface area (Å²) in [7, 11) is 0. The molecule has 5 heteroatoms. The Bertz CT molecular complexity index is 430. The molecular weight excluding hydrogens is 269 g/mol. The lowest BCUT2D eigenvalue weighted by atomic mass is 10.1. The number of halogens is 1. The molecule has 0 saturated carbocycles. The van der Waals surface area contributed by atoms with E-state index in [9.17, 15) is 4.39 Å². The van der Waals surface area contributed by atoms with Gasteiger partial charge in [-0.2, -0.15) is 0 Å². The van der Waals surface area contributed by atoms with Gasteiger partial charge in [-0.15, -0.1) is 0 Å². The summed E-state index contributed by atoms with van der Waals surface area (Å²) < 4.78 is 19.7. The van der Waals surface area contributed by atoms with E-state index in [2.05, 4.69) is 50.2 Å². The zero-order chi connectivity index (χ0) is 15.9. The Morgan fingerprint density at radius 2 is 2.05 bits per heavy atom. The fourth-order valence-electron chi connectivity index (χ4n) is 1.66. The first-order chi connectivity index (χ1) is 9.79. The highest BCUT2D eigenvalue weighted by atomic mass is 19.1. The van der Waals surface area contributed by atoms with E-state index in [0.29, 0.717) is 37.8 Å². The maximum absolute atomic E-state index is 14.3. The Hall–Kier alpha value is -1.20. The van der Waals surface area contributed by atoms with Gasteiger partial charge in [0.15, 0.2) is 11.6 Å². The second-order valence-electron chi connectivity index (χ2n) is 6.63. The van der Waals surface area contributed by atoms with Crippen LogP contribution in [-0.2, 0) is 11.3 Å². The number of anilines is 1. The van der Waals surface area contributed by atoms with Gasteiger partial charge >= 0.3 is 0 Å². The smallest absolute Gasteiger partial charge is 0.169 e. The normalized spacial score (nSPS) is 12.0. The number of hydrogen-bond acceptors (Lipinski definition) is 4. The van der Waals surface area contributed by atoms with E-state index in [0.717, 1.165) is 0 Å². The molecule has 1 aromatic rings. The summed E-state index contributed by atoms with van der Waals surface area (Å²) in [6.07, 6.45) is 1.63. The largest absolute Gasteiger partial charge is 0.379 e. The number of pyridine rings is 1. The van der Waals surface area contributed by atoms with Gasteiger partial charge in [-0.05, 0) is 32.8 Å². The van der Waals surface area contributed by atoms with Gasteiger partial charge in [0.05, 0.1) is 6.61 Å². The van der Waals surface area contributed by atoms with Gasteiger partial charge in [-0.1, -0.05) is 13.8 Å². The minimum atomic E-state index is -0.293. The molecule has 0 aromatic carbocycles. The van der Waals surface area contributed by atoms with Crippen LogP contribution in [0.4, 0.5) is 10.2 Å². The minimum absolute atomic E-state index is 0.0476. The topological polar surface area (TPSA) is 46.2 Å². The minimum Gasteiger partial charge on any atom is -0.379 e. The van der Waals surface area contributed by atoms with E-state index in [1.54, 1.807) is 12.3 Å². The van der Waals surface area contributed by atoms with E-state index in [4.69, 9.17) is 4.74 Å². The number of aromatic nitrogens is 1. The number of hydrogen-bond donors (Lipinski definition) is 2. The van der Waals surface area contributed by atoms with Crippen molar-refractivity contribution in [1.82, 2.24) is 10.3 Å². The lowest BCUT2D eigenvalue weighted by Crippen LogP contribution is -2.35. The second-order valence-corrected chi connectivity index (χ2v) is 6.63. The van der Waals surface area contributed by atoms with Crippen LogP contribution in [0.3, 0.4) is 0 Å². The molecule has 0 radical (unpaired) electrons. The van der Waals surface area contributed by atoms with Crippen molar-refractivity contribution < 1.29 is 9.13 Å². The molecule has 0 spiro atoms. The summed E-state index contributed by atoms with van der Waals surface area (Å²) in [5, 5.41) is 6.26. The molecule has 1 aromatic heterocycles. The second kappa shape index (κ2) is 8.29. The maximum atomic E-state index is 14.3. The van der Waals surface area contributed by atoms with E-state index in [-0.39, 0.29) is 17.2 Å². The summed E-state index contributed by atoms with van der Waals surface area (Å²) in [6, 6.07) is 1.70. The van der Waals surface area contributed by atoms with Gasteiger partial charge in [0.25, 0.3) is 0 Å². The van der Waals surface area contributed by atoms with Crippen LogP contribution in [0.15, 0.2) is 12.3 Å². The maximum Gasteiger partial charge on any atom is 0.169 e. The van der Waals surface area contributed by atoms with Crippen LogP contribution in [-0.4, -0.2) is 30.3 Å². The van der Waals surface area contributed by atoms with Gasteiger partial charge in [0.2, 0.25) is 0 Å². The number of ether oxygens (including phenoxy) is 1. The highest BCUT2D eigenvalue weighted by Gasteiger charge is 2.13. The number of nitrogens with zero attached hydrogens (tertiary/aromatic N) is 1. The van der Waals surface area contributed by atoms with Crippen molar-refractivity contribution in [1.29, 1.82) is 0 Å². The monoisotopic (exact) mass is 297 g/mol. The van der Waals surface area contributed by atoms with E-state index >= 15 is 0 Å².